The van der Waals surface area contributed by atoms with Gasteiger partial charge in [-0.15, -0.1) is 0 Å². The average Bonchev–Trinajstić information content (AvgIpc) is 3.01. The highest BCUT2D eigenvalue weighted by Crippen LogP contribution is 2.47. The molecule has 0 radical (unpaired) electrons. The van der Waals surface area contributed by atoms with Crippen LogP contribution < -0.4 is 5.43 Å². The van der Waals surface area contributed by atoms with E-state index in [0.717, 1.165) is 27.1 Å². The number of rotatable bonds is 4. The molecule has 0 saturated carbocycles. The van der Waals surface area contributed by atoms with Crippen molar-refractivity contribution in [2.45, 2.75) is 6.92 Å². The third-order valence-corrected chi connectivity index (χ3v) is 8.44. The lowest BCUT2D eigenvalue weighted by atomic mass is 9.84. The van der Waals surface area contributed by atoms with Crippen molar-refractivity contribution in [3.05, 3.63) is 123 Å². The molecule has 1 aliphatic heterocycles. The maximum atomic E-state index is 13.9. The summed E-state index contributed by atoms with van der Waals surface area (Å²) < 4.78 is 6.10. The zero-order valence-corrected chi connectivity index (χ0v) is 23.8. The summed E-state index contributed by atoms with van der Waals surface area (Å²) in [4.78, 5) is 38.9. The Morgan fingerprint density at radius 3 is 1.80 bits per heavy atom. The molecule has 7 nitrogen and oxygen atoms in total. The van der Waals surface area contributed by atoms with Gasteiger partial charge in [-0.2, -0.15) is 0 Å². The monoisotopic (exact) mass is 600 g/mol. The molecule has 0 atom stereocenters. The van der Waals surface area contributed by atoms with Crippen LogP contribution in [0.5, 0.6) is 5.75 Å². The lowest BCUT2D eigenvalue weighted by Crippen LogP contribution is -2.10. The molecule has 214 valence electrons. The summed E-state index contributed by atoms with van der Waals surface area (Å²) in [5.74, 6) is -2.90. The minimum Gasteiger partial charge on any atom is -0.506 e. The Bertz CT molecular complexity index is 2320. The summed E-state index contributed by atoms with van der Waals surface area (Å²) in [6, 6.07) is 25.1. The topological polar surface area (TPSA) is 125 Å². The first-order valence-electron chi connectivity index (χ1n) is 13.6. The van der Waals surface area contributed by atoms with Crippen molar-refractivity contribution in [1.29, 1.82) is 0 Å². The molecule has 1 aliphatic carbocycles. The Morgan fingerprint density at radius 1 is 0.659 bits per heavy atom. The van der Waals surface area contributed by atoms with Gasteiger partial charge in [0.1, 0.15) is 17.1 Å². The minimum atomic E-state index is -1.34. The molecule has 0 fully saturated rings. The van der Waals surface area contributed by atoms with Crippen LogP contribution in [-0.4, -0.2) is 27.3 Å². The van der Waals surface area contributed by atoms with Crippen molar-refractivity contribution in [1.82, 2.24) is 0 Å². The van der Waals surface area contributed by atoms with Crippen molar-refractivity contribution in [2.24, 2.45) is 0 Å². The number of benzene rings is 6. The Kier molecular flexibility index (Phi) is 6.16. The van der Waals surface area contributed by atoms with Gasteiger partial charge in [-0.05, 0) is 58.3 Å². The summed E-state index contributed by atoms with van der Waals surface area (Å²) in [6.45, 7) is 2.03. The highest BCUT2D eigenvalue weighted by Gasteiger charge is 2.28. The van der Waals surface area contributed by atoms with E-state index in [9.17, 15) is 29.7 Å². The van der Waals surface area contributed by atoms with Gasteiger partial charge in [-0.1, -0.05) is 66.2 Å². The summed E-state index contributed by atoms with van der Waals surface area (Å²) >= 11 is 6.33. The van der Waals surface area contributed by atoms with Crippen molar-refractivity contribution in [2.75, 3.05) is 0 Å². The van der Waals surface area contributed by atoms with E-state index >= 15 is 0 Å². The van der Waals surface area contributed by atoms with Gasteiger partial charge in [0.15, 0.2) is 5.43 Å². The SMILES string of the molecule is Cc1c2ccccc2c(-c2cc3c(-c4c(C(=O)O)cccc4C(=O)O)c4cc(Cl)c(O)cc4oc-3cc2=O)c2ccccc12. The molecule has 0 aromatic heterocycles. The molecule has 8 heteroatoms. The lowest BCUT2D eigenvalue weighted by molar-refractivity contribution is 0.0696. The largest absolute Gasteiger partial charge is 0.506 e. The van der Waals surface area contributed by atoms with Crippen LogP contribution in [0.15, 0.2) is 100 Å². The normalized spacial score (nSPS) is 11.5. The smallest absolute Gasteiger partial charge is 0.336 e. The van der Waals surface area contributed by atoms with Crippen LogP contribution >= 0.6 is 11.6 Å². The number of hydrogen-bond acceptors (Lipinski definition) is 5. The fourth-order valence-corrected chi connectivity index (χ4v) is 6.37. The number of aromatic hydroxyl groups is 1. The fourth-order valence-electron chi connectivity index (χ4n) is 6.21. The summed E-state index contributed by atoms with van der Waals surface area (Å²) in [7, 11) is 0. The lowest BCUT2D eigenvalue weighted by Gasteiger charge is -2.20. The molecular formula is C36H21ClO7. The standard InChI is InChI=1S/C36H21ClO7/c1-17-18-7-2-4-9-20(18)32(21-10-5-3-8-19(17)21)24-13-25-30(15-28(24)38)44-31-16-29(39)27(37)14-26(31)34(25)33-22(35(40)41)11-6-12-23(33)36(42)43/h2-16,39H,1H3,(H,40,41)(H,42,43). The molecule has 0 unspecified atom stereocenters. The van der Waals surface area contributed by atoms with E-state index in [1.165, 1.54) is 36.4 Å². The number of carboxylic acids is 2. The summed E-state index contributed by atoms with van der Waals surface area (Å²) in [5.41, 5.74) is 1.71. The summed E-state index contributed by atoms with van der Waals surface area (Å²) in [5, 5.41) is 34.6. The van der Waals surface area contributed by atoms with E-state index in [1.807, 2.05) is 55.5 Å². The van der Waals surface area contributed by atoms with Gasteiger partial charge in [-0.25, -0.2) is 9.59 Å². The fraction of sp³-hybridized carbons (Fsp3) is 0.0278. The van der Waals surface area contributed by atoms with Crippen LogP contribution in [0.3, 0.4) is 0 Å². The number of hydrogen-bond donors (Lipinski definition) is 3. The average molecular weight is 601 g/mol. The number of phenols is 1. The third-order valence-electron chi connectivity index (χ3n) is 8.13. The van der Waals surface area contributed by atoms with E-state index in [1.54, 1.807) is 6.07 Å². The molecule has 5 aromatic carbocycles. The molecule has 0 saturated heterocycles. The van der Waals surface area contributed by atoms with Gasteiger partial charge in [0.25, 0.3) is 0 Å². The second-order valence-corrected chi connectivity index (χ2v) is 11.0. The van der Waals surface area contributed by atoms with Gasteiger partial charge >= 0.3 is 11.9 Å². The Balaban J connectivity index is 1.72. The van der Waals surface area contributed by atoms with Gasteiger partial charge in [0.05, 0.1) is 16.1 Å². The van der Waals surface area contributed by atoms with Crippen LogP contribution in [0.4, 0.5) is 0 Å². The quantitative estimate of drug-likeness (QED) is 0.173. The van der Waals surface area contributed by atoms with Gasteiger partial charge in [0, 0.05) is 45.3 Å². The van der Waals surface area contributed by atoms with Gasteiger partial charge in [-0.3, -0.25) is 4.79 Å². The number of aromatic carboxylic acids is 2. The van der Waals surface area contributed by atoms with E-state index in [4.69, 9.17) is 16.0 Å². The number of carbonyl (C=O) groups is 2. The number of aryl methyl sites for hydroxylation is 1. The highest BCUT2D eigenvalue weighted by atomic mass is 35.5. The molecule has 2 aliphatic rings. The Morgan fingerprint density at radius 2 is 1.23 bits per heavy atom. The molecule has 0 spiro atoms. The van der Waals surface area contributed by atoms with Crippen molar-refractivity contribution in [3.8, 4) is 39.3 Å². The van der Waals surface area contributed by atoms with Gasteiger partial charge in [0.2, 0.25) is 0 Å². The van der Waals surface area contributed by atoms with Crippen LogP contribution in [0.1, 0.15) is 26.3 Å². The second-order valence-electron chi connectivity index (χ2n) is 10.6. The van der Waals surface area contributed by atoms with Crippen LogP contribution in [0, 0.1) is 6.92 Å². The minimum absolute atomic E-state index is 0.0471. The van der Waals surface area contributed by atoms with Crippen LogP contribution in [0.2, 0.25) is 5.02 Å². The zero-order valence-electron chi connectivity index (χ0n) is 23.0. The molecule has 0 amide bonds. The number of carboxylic acid groups (broad SMARTS) is 2. The molecule has 44 heavy (non-hydrogen) atoms. The first-order chi connectivity index (χ1) is 21.2. The van der Waals surface area contributed by atoms with E-state index < -0.39 is 11.9 Å². The molecule has 1 heterocycles. The maximum absolute atomic E-state index is 13.9. The van der Waals surface area contributed by atoms with Crippen molar-refractivity contribution in [3.63, 3.8) is 0 Å². The van der Waals surface area contributed by atoms with Gasteiger partial charge < -0.3 is 19.7 Å². The van der Waals surface area contributed by atoms with E-state index in [2.05, 4.69) is 0 Å². The maximum Gasteiger partial charge on any atom is 0.336 e. The first kappa shape index (κ1) is 27.2. The molecule has 7 rings (SSSR count). The predicted octanol–water partition coefficient (Wildman–Crippen LogP) is 8.60. The van der Waals surface area contributed by atoms with E-state index in [-0.39, 0.29) is 55.2 Å². The Hall–Kier alpha value is -5.66. The number of phenolic OH excluding ortho intramolecular Hbond substituents is 1. The highest BCUT2D eigenvalue weighted by molar-refractivity contribution is 6.33. The predicted molar refractivity (Wildman–Crippen MR) is 170 cm³/mol. The molecular weight excluding hydrogens is 580 g/mol. The van der Waals surface area contributed by atoms with Crippen molar-refractivity contribution >= 4 is 56.1 Å². The molecule has 5 aromatic rings. The zero-order chi connectivity index (χ0) is 30.9. The number of fused-ring (bicyclic) bond motifs is 4. The second kappa shape index (κ2) is 9.97. The van der Waals surface area contributed by atoms with Crippen LogP contribution in [-0.2, 0) is 0 Å². The third kappa shape index (κ3) is 4.01. The molecule has 0 bridgehead atoms. The summed E-state index contributed by atoms with van der Waals surface area (Å²) in [6.07, 6.45) is 0. The Labute approximate surface area is 254 Å². The van der Waals surface area contributed by atoms with Crippen molar-refractivity contribution < 1.29 is 29.3 Å². The van der Waals surface area contributed by atoms with E-state index in [0.29, 0.717) is 16.7 Å². The first-order valence-corrected chi connectivity index (χ1v) is 14.0. The number of halogens is 1. The molecule has 3 N–H and O–H groups in total. The van der Waals surface area contributed by atoms with Crippen LogP contribution in [0.25, 0.3) is 66.1 Å².